The Hall–Kier alpha value is -3.43. The maximum atomic E-state index is 13.7. The summed E-state index contributed by atoms with van der Waals surface area (Å²) < 4.78 is 17.1. The largest absolute Gasteiger partial charge is 0.444 e. The molecule has 54 heavy (non-hydrogen) atoms. The van der Waals surface area contributed by atoms with Crippen LogP contribution in [0.3, 0.4) is 0 Å². The van der Waals surface area contributed by atoms with Crippen molar-refractivity contribution in [3.63, 3.8) is 0 Å². The van der Waals surface area contributed by atoms with E-state index < -0.39 is 36.1 Å². The molecule has 0 aliphatic heterocycles. The zero-order valence-corrected chi connectivity index (χ0v) is 32.7. The lowest BCUT2D eigenvalue weighted by Gasteiger charge is -2.50. The lowest BCUT2D eigenvalue weighted by Crippen LogP contribution is -2.46. The molecule has 8 rings (SSSR count). The van der Waals surface area contributed by atoms with Gasteiger partial charge in [0.1, 0.15) is 23.1 Å². The van der Waals surface area contributed by atoms with Crippen LogP contribution in [-0.4, -0.2) is 52.1 Å². The van der Waals surface area contributed by atoms with Crippen LogP contribution in [0, 0.1) is 34.5 Å². The topological polar surface area (TPSA) is 131 Å². The number of fused-ring (bicyclic) bond motifs is 10. The first-order valence-corrected chi connectivity index (χ1v) is 20.7. The summed E-state index contributed by atoms with van der Waals surface area (Å²) in [4.78, 5) is 40.0. The van der Waals surface area contributed by atoms with E-state index in [1.807, 2.05) is 24.3 Å². The van der Waals surface area contributed by atoms with Gasteiger partial charge in [-0.3, -0.25) is 4.79 Å². The third-order valence-electron chi connectivity index (χ3n) is 15.1. The highest BCUT2D eigenvalue weighted by Gasteiger charge is 2.55. The van der Waals surface area contributed by atoms with Crippen molar-refractivity contribution >= 4 is 18.0 Å². The van der Waals surface area contributed by atoms with Crippen LogP contribution in [-0.2, 0) is 27.2 Å². The smallest absolute Gasteiger partial charge is 0.408 e. The van der Waals surface area contributed by atoms with Crippen LogP contribution in [0.25, 0.3) is 0 Å². The predicted molar refractivity (Wildman–Crippen MR) is 203 cm³/mol. The molecule has 7 unspecified atom stereocenters. The number of hydrogen-bond donors (Lipinski definition) is 3. The second kappa shape index (κ2) is 13.9. The number of aliphatic hydroxyl groups excluding tert-OH is 2. The Morgan fingerprint density at radius 1 is 0.741 bits per heavy atom. The minimum absolute atomic E-state index is 0.00788. The molecule has 0 aromatic heterocycles. The van der Waals surface area contributed by atoms with E-state index in [9.17, 15) is 24.6 Å². The number of aryl methyl sites for hydroxylation is 2. The minimum atomic E-state index is -1.32. The Balaban J connectivity index is 0.940. The number of amides is 1. The number of esters is 2. The molecule has 1 amide bonds. The monoisotopic (exact) mass is 741 g/mol. The summed E-state index contributed by atoms with van der Waals surface area (Å²) in [5, 5.41) is 24.1. The summed E-state index contributed by atoms with van der Waals surface area (Å²) in [7, 11) is 0. The number of rotatable bonds is 6. The van der Waals surface area contributed by atoms with Crippen molar-refractivity contribution in [2.75, 3.05) is 0 Å². The molecule has 4 fully saturated rings. The molecule has 2 aromatic rings. The summed E-state index contributed by atoms with van der Waals surface area (Å²) in [5.41, 5.74) is 4.20. The molecule has 9 heteroatoms. The van der Waals surface area contributed by atoms with E-state index in [-0.39, 0.29) is 23.0 Å². The van der Waals surface area contributed by atoms with Crippen molar-refractivity contribution in [2.45, 2.75) is 154 Å². The standard InChI is InChI=1S/C45H59NO8/c1-43(2,3)54-42(51)46-37(41(50)53-28-9-13-30-26(23-28)7-11-34-32(30)19-21-45(5)36(34)15-17-39(45)48)24-40(49)52-27-8-12-29-25(22-27)6-10-33-31(29)18-20-44(4)35(33)14-16-38(44)47/h8-9,12-13,22-23,31-39,47-48H,6-7,10-11,14-21,24H2,1-5H3,(H,46,51)/t31?,32?,33?,34?,35?,36?,37?,38-,39-,44-,45-/m0/s1. The highest BCUT2D eigenvalue weighted by molar-refractivity contribution is 5.88. The summed E-state index contributed by atoms with van der Waals surface area (Å²) in [6.07, 6.45) is 10.3. The number of benzene rings is 2. The zero-order valence-electron chi connectivity index (χ0n) is 32.7. The van der Waals surface area contributed by atoms with Gasteiger partial charge in [-0.25, -0.2) is 9.59 Å². The number of hydrogen-bond acceptors (Lipinski definition) is 8. The average molecular weight is 742 g/mol. The van der Waals surface area contributed by atoms with Crippen LogP contribution in [0.5, 0.6) is 11.5 Å². The Labute approximate surface area is 319 Å². The van der Waals surface area contributed by atoms with E-state index in [2.05, 4.69) is 31.3 Å². The SMILES string of the molecule is CC(C)(C)OC(=O)NC(CC(=O)Oc1ccc2c(c1)CCC1C2CC[C@@]2(C)C1CC[C@@H]2O)C(=O)Oc1ccc2c(c1)CCC1C2CC[C@@]2(C)C1CC[C@@H]2O. The molecule has 0 bridgehead atoms. The van der Waals surface area contributed by atoms with Gasteiger partial charge in [-0.2, -0.15) is 0 Å². The van der Waals surface area contributed by atoms with Gasteiger partial charge >= 0.3 is 18.0 Å². The number of nitrogens with one attached hydrogen (secondary N) is 1. The third-order valence-corrected chi connectivity index (χ3v) is 15.1. The van der Waals surface area contributed by atoms with E-state index in [1.165, 1.54) is 22.3 Å². The third kappa shape index (κ3) is 6.75. The molecular weight excluding hydrogens is 682 g/mol. The highest BCUT2D eigenvalue weighted by Crippen LogP contribution is 2.62. The molecule has 11 atom stereocenters. The normalized spacial score (nSPS) is 35.5. The fraction of sp³-hybridized carbons (Fsp3) is 0.667. The first-order chi connectivity index (χ1) is 25.6. The molecule has 0 saturated heterocycles. The fourth-order valence-corrected chi connectivity index (χ4v) is 12.4. The lowest BCUT2D eigenvalue weighted by atomic mass is 9.55. The van der Waals surface area contributed by atoms with Crippen LogP contribution in [0.2, 0.25) is 0 Å². The van der Waals surface area contributed by atoms with Crippen molar-refractivity contribution in [1.29, 1.82) is 0 Å². The quantitative estimate of drug-likeness (QED) is 0.201. The van der Waals surface area contributed by atoms with Crippen molar-refractivity contribution in [1.82, 2.24) is 5.32 Å². The Kier molecular flexibility index (Phi) is 9.68. The van der Waals surface area contributed by atoms with Crippen molar-refractivity contribution in [2.24, 2.45) is 34.5 Å². The number of ether oxygens (including phenoxy) is 3. The Morgan fingerprint density at radius 3 is 1.74 bits per heavy atom. The maximum absolute atomic E-state index is 13.7. The molecule has 0 spiro atoms. The molecule has 2 aromatic carbocycles. The Bertz CT molecular complexity index is 1800. The van der Waals surface area contributed by atoms with Gasteiger partial charge in [0.2, 0.25) is 0 Å². The molecule has 0 heterocycles. The van der Waals surface area contributed by atoms with Gasteiger partial charge in [0, 0.05) is 0 Å². The van der Waals surface area contributed by atoms with Crippen LogP contribution in [0.1, 0.15) is 139 Å². The fourth-order valence-electron chi connectivity index (χ4n) is 12.4. The van der Waals surface area contributed by atoms with Gasteiger partial charge in [-0.15, -0.1) is 0 Å². The van der Waals surface area contributed by atoms with E-state index in [0.717, 1.165) is 77.0 Å². The second-order valence-corrected chi connectivity index (χ2v) is 19.1. The van der Waals surface area contributed by atoms with Crippen molar-refractivity contribution in [3.05, 3.63) is 58.7 Å². The van der Waals surface area contributed by atoms with Gasteiger partial charge < -0.3 is 29.7 Å². The zero-order chi connectivity index (χ0) is 38.2. The Morgan fingerprint density at radius 2 is 1.24 bits per heavy atom. The lowest BCUT2D eigenvalue weighted by molar-refractivity contribution is -0.142. The van der Waals surface area contributed by atoms with Gasteiger partial charge in [0.15, 0.2) is 0 Å². The van der Waals surface area contributed by atoms with E-state index in [1.54, 1.807) is 20.8 Å². The van der Waals surface area contributed by atoms with Crippen molar-refractivity contribution < 1.29 is 38.8 Å². The number of carbonyl (C=O) groups is 3. The second-order valence-electron chi connectivity index (χ2n) is 19.1. The summed E-state index contributed by atoms with van der Waals surface area (Å²) in [5.74, 6) is 2.43. The predicted octanol–water partition coefficient (Wildman–Crippen LogP) is 7.92. The molecular formula is C45H59NO8. The summed E-state index contributed by atoms with van der Waals surface area (Å²) >= 11 is 0. The molecule has 3 N–H and O–H groups in total. The average Bonchev–Trinajstić information content (AvgIpc) is 3.60. The number of alkyl carbamates (subject to hydrolysis) is 1. The van der Waals surface area contributed by atoms with Crippen LogP contribution >= 0.6 is 0 Å². The van der Waals surface area contributed by atoms with Crippen LogP contribution in [0.4, 0.5) is 4.79 Å². The molecule has 6 aliphatic carbocycles. The molecule has 4 saturated carbocycles. The van der Waals surface area contributed by atoms with Gasteiger partial charge in [0.25, 0.3) is 0 Å². The summed E-state index contributed by atoms with van der Waals surface area (Å²) in [6.45, 7) is 9.74. The van der Waals surface area contributed by atoms with Gasteiger partial charge in [-0.05, 0) is 191 Å². The van der Waals surface area contributed by atoms with Gasteiger partial charge in [0.05, 0.1) is 18.6 Å². The van der Waals surface area contributed by atoms with Gasteiger partial charge in [-0.1, -0.05) is 26.0 Å². The number of carbonyl (C=O) groups excluding carboxylic acids is 3. The maximum Gasteiger partial charge on any atom is 0.408 e. The van der Waals surface area contributed by atoms with E-state index in [4.69, 9.17) is 14.2 Å². The highest BCUT2D eigenvalue weighted by atomic mass is 16.6. The molecule has 292 valence electrons. The van der Waals surface area contributed by atoms with Crippen LogP contribution < -0.4 is 14.8 Å². The minimum Gasteiger partial charge on any atom is -0.444 e. The first-order valence-electron chi connectivity index (χ1n) is 20.7. The molecule has 0 radical (unpaired) electrons. The summed E-state index contributed by atoms with van der Waals surface area (Å²) in [6, 6.07) is 10.4. The van der Waals surface area contributed by atoms with Crippen molar-refractivity contribution in [3.8, 4) is 11.5 Å². The van der Waals surface area contributed by atoms with Crippen LogP contribution in [0.15, 0.2) is 36.4 Å². The van der Waals surface area contributed by atoms with E-state index >= 15 is 0 Å². The molecule has 6 aliphatic rings. The first kappa shape index (κ1) is 37.5. The number of aliphatic hydroxyl groups is 2. The molecule has 9 nitrogen and oxygen atoms in total. The van der Waals surface area contributed by atoms with E-state index in [0.29, 0.717) is 47.0 Å².